The number of benzene rings is 2. The van der Waals surface area contributed by atoms with Gasteiger partial charge in [-0.25, -0.2) is 4.57 Å². The fraction of sp³-hybridized carbons (Fsp3) is 0.452. The SMILES string of the molecule is Cc1c2cc[n+](C)c2c(C)c2oc3cc(C45CC6CC(CC(C6)C4)C5)cc4ccn(C)c(c12)c43. The van der Waals surface area contributed by atoms with Crippen molar-refractivity contribution in [3.63, 3.8) is 0 Å². The summed E-state index contributed by atoms with van der Waals surface area (Å²) < 4.78 is 11.5. The van der Waals surface area contributed by atoms with Crippen molar-refractivity contribution in [2.75, 3.05) is 0 Å². The molecule has 4 aliphatic carbocycles. The van der Waals surface area contributed by atoms with Crippen LogP contribution in [0.15, 0.2) is 41.1 Å². The van der Waals surface area contributed by atoms with E-state index in [-0.39, 0.29) is 0 Å². The second kappa shape index (κ2) is 6.24. The average Bonchev–Trinajstić information content (AvgIpc) is 3.20. The van der Waals surface area contributed by atoms with Gasteiger partial charge in [0.15, 0.2) is 6.20 Å². The lowest BCUT2D eigenvalue weighted by atomic mass is 9.48. The number of hydrogen-bond donors (Lipinski definition) is 0. The van der Waals surface area contributed by atoms with Crippen molar-refractivity contribution in [3.05, 3.63) is 53.3 Å². The molecular weight excluding hydrogens is 416 g/mol. The zero-order valence-electron chi connectivity index (χ0n) is 20.7. The van der Waals surface area contributed by atoms with Crippen LogP contribution < -0.4 is 4.57 Å². The molecule has 34 heavy (non-hydrogen) atoms. The minimum atomic E-state index is 0.369. The molecule has 3 heteroatoms. The molecule has 9 rings (SSSR count). The molecule has 0 radical (unpaired) electrons. The highest BCUT2D eigenvalue weighted by Crippen LogP contribution is 2.61. The third-order valence-corrected chi connectivity index (χ3v) is 10.1. The van der Waals surface area contributed by atoms with Gasteiger partial charge in [-0.1, -0.05) is 6.07 Å². The van der Waals surface area contributed by atoms with Crippen LogP contribution in [0, 0.1) is 31.6 Å². The van der Waals surface area contributed by atoms with E-state index in [0.717, 1.165) is 28.9 Å². The third kappa shape index (κ3) is 2.31. The number of rotatable bonds is 1. The van der Waals surface area contributed by atoms with Crippen molar-refractivity contribution in [2.45, 2.75) is 57.8 Å². The maximum absolute atomic E-state index is 6.93. The van der Waals surface area contributed by atoms with E-state index < -0.39 is 0 Å². The Balaban J connectivity index is 1.49. The summed E-state index contributed by atoms with van der Waals surface area (Å²) in [6.07, 6.45) is 13.0. The second-order valence-corrected chi connectivity index (χ2v) is 12.2. The normalized spacial score (nSPS) is 28.3. The molecule has 0 unspecified atom stereocenters. The van der Waals surface area contributed by atoms with E-state index >= 15 is 0 Å². The molecule has 0 atom stereocenters. The molecule has 0 saturated heterocycles. The molecule has 4 aliphatic rings. The maximum Gasteiger partial charge on any atom is 0.219 e. The van der Waals surface area contributed by atoms with E-state index in [1.165, 1.54) is 82.2 Å². The first-order chi connectivity index (χ1) is 16.4. The van der Waals surface area contributed by atoms with Gasteiger partial charge in [-0.3, -0.25) is 0 Å². The van der Waals surface area contributed by atoms with Crippen molar-refractivity contribution in [2.24, 2.45) is 31.8 Å². The molecule has 4 fully saturated rings. The van der Waals surface area contributed by atoms with Gasteiger partial charge in [0.25, 0.3) is 0 Å². The Morgan fingerprint density at radius 1 is 0.941 bits per heavy atom. The van der Waals surface area contributed by atoms with Gasteiger partial charge in [-0.15, -0.1) is 0 Å². The Labute approximate surface area is 200 Å². The minimum Gasteiger partial charge on any atom is -0.455 e. The smallest absolute Gasteiger partial charge is 0.219 e. The van der Waals surface area contributed by atoms with Crippen LogP contribution in [0.5, 0.6) is 0 Å². The van der Waals surface area contributed by atoms with Crippen LogP contribution in [-0.4, -0.2) is 4.57 Å². The van der Waals surface area contributed by atoms with Gasteiger partial charge in [-0.2, -0.15) is 0 Å². The first-order valence-electron chi connectivity index (χ1n) is 13.1. The Kier molecular flexibility index (Phi) is 3.58. The zero-order valence-corrected chi connectivity index (χ0v) is 20.7. The molecule has 4 bridgehead atoms. The summed E-state index contributed by atoms with van der Waals surface area (Å²) in [6, 6.07) is 9.55. The van der Waals surface area contributed by atoms with Crippen LogP contribution in [0.1, 0.15) is 55.2 Å². The van der Waals surface area contributed by atoms with Crippen LogP contribution in [0.3, 0.4) is 0 Å². The third-order valence-electron chi connectivity index (χ3n) is 10.1. The van der Waals surface area contributed by atoms with Crippen LogP contribution >= 0.6 is 0 Å². The molecular formula is C31H33N2O+. The topological polar surface area (TPSA) is 21.9 Å². The van der Waals surface area contributed by atoms with E-state index in [0.29, 0.717) is 5.41 Å². The Bertz CT molecular complexity index is 1650. The van der Waals surface area contributed by atoms with Crippen LogP contribution in [0.4, 0.5) is 0 Å². The van der Waals surface area contributed by atoms with E-state index in [1.807, 2.05) is 0 Å². The first-order valence-corrected chi connectivity index (χ1v) is 13.1. The predicted octanol–water partition coefficient (Wildman–Crippen LogP) is 7.14. The van der Waals surface area contributed by atoms with Crippen molar-refractivity contribution in [1.29, 1.82) is 0 Å². The molecule has 5 aromatic rings. The zero-order chi connectivity index (χ0) is 22.9. The highest BCUT2D eigenvalue weighted by Gasteiger charge is 2.51. The highest BCUT2D eigenvalue weighted by atomic mass is 16.3. The van der Waals surface area contributed by atoms with Gasteiger partial charge in [0, 0.05) is 30.1 Å². The number of pyridine rings is 1. The Morgan fingerprint density at radius 3 is 2.35 bits per heavy atom. The lowest BCUT2D eigenvalue weighted by molar-refractivity contribution is -0.642. The molecule has 0 spiro atoms. The van der Waals surface area contributed by atoms with Crippen LogP contribution in [0.25, 0.3) is 43.7 Å². The summed E-state index contributed by atoms with van der Waals surface area (Å²) in [5, 5.41) is 5.21. The summed E-state index contributed by atoms with van der Waals surface area (Å²) in [5.41, 5.74) is 9.17. The average molecular weight is 450 g/mol. The van der Waals surface area contributed by atoms with Crippen molar-refractivity contribution >= 4 is 43.7 Å². The van der Waals surface area contributed by atoms with Gasteiger partial charge < -0.3 is 8.98 Å². The van der Waals surface area contributed by atoms with Crippen molar-refractivity contribution in [3.8, 4) is 0 Å². The van der Waals surface area contributed by atoms with Crippen LogP contribution in [-0.2, 0) is 19.5 Å². The van der Waals surface area contributed by atoms with Gasteiger partial charge in [0.05, 0.1) is 16.5 Å². The van der Waals surface area contributed by atoms with Gasteiger partial charge in [-0.05, 0) is 104 Å². The number of aryl methyl sites for hydroxylation is 4. The molecule has 0 N–H and O–H groups in total. The predicted molar refractivity (Wildman–Crippen MR) is 138 cm³/mol. The van der Waals surface area contributed by atoms with Crippen molar-refractivity contribution < 1.29 is 8.98 Å². The van der Waals surface area contributed by atoms with E-state index in [2.05, 4.69) is 73.7 Å². The standard InChI is InChI=1S/C31H33N2O/c1-17-24-6-8-32(3)28(24)18(2)30-26(17)29-27-22(5-7-33(29)4)12-23(13-25(27)34-30)31-14-19-9-20(15-31)11-21(10-19)16-31/h5-8,12-13,19-21H,9-11,14-16H2,1-4H3/q+1. The first kappa shape index (κ1) is 19.5. The number of nitrogens with zero attached hydrogens (tertiary/aromatic N) is 2. The highest BCUT2D eigenvalue weighted by molar-refractivity contribution is 6.20. The molecule has 0 aliphatic heterocycles. The van der Waals surface area contributed by atoms with E-state index in [1.54, 1.807) is 5.56 Å². The van der Waals surface area contributed by atoms with Gasteiger partial charge >= 0.3 is 0 Å². The molecule has 0 amide bonds. The molecule has 3 aromatic heterocycles. The summed E-state index contributed by atoms with van der Waals surface area (Å²) >= 11 is 0. The summed E-state index contributed by atoms with van der Waals surface area (Å²) in [5.74, 6) is 2.83. The van der Waals surface area contributed by atoms with Crippen molar-refractivity contribution in [1.82, 2.24) is 4.57 Å². The lowest BCUT2D eigenvalue weighted by Crippen LogP contribution is -2.48. The Hall–Kier alpha value is -2.81. The maximum atomic E-state index is 6.93. The van der Waals surface area contributed by atoms with E-state index in [9.17, 15) is 0 Å². The fourth-order valence-electron chi connectivity index (χ4n) is 9.04. The monoisotopic (exact) mass is 449 g/mol. The summed E-state index contributed by atoms with van der Waals surface area (Å²) in [4.78, 5) is 0. The molecule has 4 saturated carbocycles. The minimum absolute atomic E-state index is 0.369. The summed E-state index contributed by atoms with van der Waals surface area (Å²) in [6.45, 7) is 4.49. The fourth-order valence-corrected chi connectivity index (χ4v) is 9.04. The number of fused-ring (bicyclic) bond motifs is 3. The molecule has 3 heterocycles. The molecule has 3 nitrogen and oxygen atoms in total. The van der Waals surface area contributed by atoms with Crippen LogP contribution in [0.2, 0.25) is 0 Å². The number of aromatic nitrogens is 2. The quantitative estimate of drug-likeness (QED) is 0.151. The van der Waals surface area contributed by atoms with E-state index in [4.69, 9.17) is 4.42 Å². The molecule has 2 aromatic carbocycles. The Morgan fingerprint density at radius 2 is 1.65 bits per heavy atom. The second-order valence-electron chi connectivity index (χ2n) is 12.2. The van der Waals surface area contributed by atoms with Gasteiger partial charge in [0.1, 0.15) is 18.2 Å². The molecule has 172 valence electrons. The number of hydrogen-bond acceptors (Lipinski definition) is 1. The lowest BCUT2D eigenvalue weighted by Gasteiger charge is -2.57. The largest absolute Gasteiger partial charge is 0.455 e. The van der Waals surface area contributed by atoms with Gasteiger partial charge in [0.2, 0.25) is 5.52 Å². The summed E-state index contributed by atoms with van der Waals surface area (Å²) in [7, 11) is 4.33.